The van der Waals surface area contributed by atoms with Crippen LogP contribution in [0.15, 0.2) is 90.2 Å². The van der Waals surface area contributed by atoms with Crippen LogP contribution in [0, 0.1) is 0 Å². The summed E-state index contributed by atoms with van der Waals surface area (Å²) in [6, 6.07) is 28.2. The second-order valence-corrected chi connectivity index (χ2v) is 8.68. The fourth-order valence-electron chi connectivity index (χ4n) is 3.43. The predicted octanol–water partition coefficient (Wildman–Crippen LogP) is 4.79. The third kappa shape index (κ3) is 2.04. The summed E-state index contributed by atoms with van der Waals surface area (Å²) in [6.45, 7) is 2.02. The Labute approximate surface area is 136 Å². The topological polar surface area (TPSA) is 17.1 Å². The number of hydrogen-bond donors (Lipinski definition) is 0. The first kappa shape index (κ1) is 14.2. The minimum atomic E-state index is -2.75. The molecule has 0 spiro atoms. The summed E-state index contributed by atoms with van der Waals surface area (Å²) in [4.78, 5) is 0. The number of fused-ring (bicyclic) bond motifs is 1. The van der Waals surface area contributed by atoms with Gasteiger partial charge in [-0.2, -0.15) is 0 Å². The van der Waals surface area contributed by atoms with E-state index in [-0.39, 0.29) is 0 Å². The van der Waals surface area contributed by atoms with E-state index in [0.29, 0.717) is 0 Å². The van der Waals surface area contributed by atoms with Crippen molar-refractivity contribution in [2.75, 3.05) is 0 Å². The van der Waals surface area contributed by atoms with Gasteiger partial charge in [-0.1, -0.05) is 84.9 Å². The van der Waals surface area contributed by atoms with E-state index in [1.165, 1.54) is 0 Å². The second-order valence-electron chi connectivity index (χ2n) is 5.79. The lowest BCUT2D eigenvalue weighted by Gasteiger charge is -2.16. The van der Waals surface area contributed by atoms with Gasteiger partial charge >= 0.3 is 0 Å². The van der Waals surface area contributed by atoms with Gasteiger partial charge in [-0.05, 0) is 23.6 Å². The van der Waals surface area contributed by atoms with Crippen LogP contribution in [-0.4, -0.2) is 0 Å². The zero-order chi connectivity index (χ0) is 15.9. The Hall–Kier alpha value is -2.37. The quantitative estimate of drug-likeness (QED) is 0.621. The molecule has 2 heteroatoms. The van der Waals surface area contributed by atoms with Crippen molar-refractivity contribution in [3.8, 4) is 0 Å². The molecule has 3 aromatic rings. The van der Waals surface area contributed by atoms with Gasteiger partial charge in [0.1, 0.15) is 0 Å². The molecule has 0 bridgehead atoms. The monoisotopic (exact) mass is 316 g/mol. The van der Waals surface area contributed by atoms with Crippen molar-refractivity contribution in [1.82, 2.24) is 0 Å². The number of rotatable bonds is 2. The van der Waals surface area contributed by atoms with E-state index in [9.17, 15) is 4.57 Å². The van der Waals surface area contributed by atoms with Gasteiger partial charge in [-0.15, -0.1) is 0 Å². The summed E-state index contributed by atoms with van der Waals surface area (Å²) in [5, 5.41) is 2.86. The Morgan fingerprint density at radius 3 is 1.96 bits per heavy atom. The number of allylic oxidation sites excluding steroid dienone is 1. The lowest BCUT2D eigenvalue weighted by molar-refractivity contribution is 0.591. The molecule has 0 unspecified atom stereocenters. The van der Waals surface area contributed by atoms with E-state index in [2.05, 4.69) is 18.2 Å². The SMILES string of the molecule is CC1=C(c2ccccc2)c2ccccc2[P@@]1(=O)c1ccccc1. The third-order valence-electron chi connectivity index (χ3n) is 4.53. The van der Waals surface area contributed by atoms with E-state index >= 15 is 0 Å². The van der Waals surface area contributed by atoms with Crippen molar-refractivity contribution in [2.45, 2.75) is 6.92 Å². The van der Waals surface area contributed by atoms with Crippen molar-refractivity contribution in [3.05, 3.63) is 101 Å². The van der Waals surface area contributed by atoms with Crippen molar-refractivity contribution in [2.24, 2.45) is 0 Å². The highest BCUT2D eigenvalue weighted by atomic mass is 31.2. The average Bonchev–Trinajstić information content (AvgIpc) is 2.86. The molecule has 1 nitrogen and oxygen atoms in total. The molecule has 23 heavy (non-hydrogen) atoms. The minimum absolute atomic E-state index is 0.913. The minimum Gasteiger partial charge on any atom is -0.309 e. The van der Waals surface area contributed by atoms with Gasteiger partial charge in [0.05, 0.1) is 0 Å². The molecular weight excluding hydrogens is 299 g/mol. The third-order valence-corrected chi connectivity index (χ3v) is 7.79. The van der Waals surface area contributed by atoms with Crippen LogP contribution in [0.3, 0.4) is 0 Å². The highest BCUT2D eigenvalue weighted by Gasteiger charge is 2.39. The van der Waals surface area contributed by atoms with E-state index < -0.39 is 7.14 Å². The Bertz CT molecular complexity index is 940. The highest BCUT2D eigenvalue weighted by Crippen LogP contribution is 2.60. The normalized spacial score (nSPS) is 19.7. The standard InChI is InChI=1S/C21H17OP/c1-16-21(17-10-4-2-5-11-17)19-14-8-9-15-20(19)23(16,22)18-12-6-3-7-13-18/h2-15H,1H3/t23-/m0/s1. The molecule has 1 aliphatic rings. The van der Waals surface area contributed by atoms with Crippen molar-refractivity contribution in [3.63, 3.8) is 0 Å². The van der Waals surface area contributed by atoms with Gasteiger partial charge in [0.2, 0.25) is 0 Å². The summed E-state index contributed by atoms with van der Waals surface area (Å²) in [5.41, 5.74) is 3.35. The Kier molecular flexibility index (Phi) is 3.32. The molecule has 1 heterocycles. The molecule has 0 saturated carbocycles. The van der Waals surface area contributed by atoms with Crippen molar-refractivity contribution >= 4 is 23.3 Å². The molecule has 0 amide bonds. The molecule has 0 radical (unpaired) electrons. The number of benzene rings is 3. The largest absolute Gasteiger partial charge is 0.309 e. The fraction of sp³-hybridized carbons (Fsp3) is 0.0476. The van der Waals surface area contributed by atoms with Gasteiger partial charge in [0, 0.05) is 15.9 Å². The van der Waals surface area contributed by atoms with Crippen LogP contribution in [0.5, 0.6) is 0 Å². The molecule has 0 aliphatic carbocycles. The van der Waals surface area contributed by atoms with Crippen LogP contribution in [-0.2, 0) is 4.57 Å². The van der Waals surface area contributed by atoms with Gasteiger partial charge in [-0.3, -0.25) is 0 Å². The van der Waals surface area contributed by atoms with Crippen LogP contribution in [0.2, 0.25) is 0 Å². The first-order valence-electron chi connectivity index (χ1n) is 7.75. The predicted molar refractivity (Wildman–Crippen MR) is 97.9 cm³/mol. The summed E-state index contributed by atoms with van der Waals surface area (Å²) >= 11 is 0. The number of hydrogen-bond acceptors (Lipinski definition) is 1. The Morgan fingerprint density at radius 1 is 0.696 bits per heavy atom. The summed E-state index contributed by atoms with van der Waals surface area (Å²) < 4.78 is 14.1. The summed E-state index contributed by atoms with van der Waals surface area (Å²) in [6.07, 6.45) is 0. The smallest absolute Gasteiger partial charge is 0.168 e. The van der Waals surface area contributed by atoms with E-state index in [1.807, 2.05) is 73.7 Å². The molecule has 0 aromatic heterocycles. The van der Waals surface area contributed by atoms with E-state index in [1.54, 1.807) is 0 Å². The van der Waals surface area contributed by atoms with Crippen LogP contribution in [0.25, 0.3) is 5.57 Å². The average molecular weight is 316 g/mol. The summed E-state index contributed by atoms with van der Waals surface area (Å²) in [5.74, 6) is 0. The highest BCUT2D eigenvalue weighted by molar-refractivity contribution is 7.83. The Morgan fingerprint density at radius 2 is 1.26 bits per heavy atom. The molecule has 112 valence electrons. The van der Waals surface area contributed by atoms with Gasteiger partial charge < -0.3 is 4.57 Å². The lowest BCUT2D eigenvalue weighted by atomic mass is 9.98. The van der Waals surface area contributed by atoms with Crippen LogP contribution in [0.4, 0.5) is 0 Å². The fourth-order valence-corrected chi connectivity index (χ4v) is 6.44. The molecule has 0 fully saturated rings. The van der Waals surface area contributed by atoms with E-state index in [4.69, 9.17) is 0 Å². The maximum Gasteiger partial charge on any atom is 0.168 e. The van der Waals surface area contributed by atoms with Gasteiger partial charge in [0.25, 0.3) is 0 Å². The first-order valence-corrected chi connectivity index (χ1v) is 9.46. The second kappa shape index (κ2) is 5.37. The molecule has 1 aliphatic heterocycles. The molecular formula is C21H17OP. The molecule has 1 atom stereocenters. The maximum absolute atomic E-state index is 14.1. The van der Waals surface area contributed by atoms with Gasteiger partial charge in [-0.25, -0.2) is 0 Å². The van der Waals surface area contributed by atoms with Gasteiger partial charge in [0.15, 0.2) is 7.14 Å². The maximum atomic E-state index is 14.1. The zero-order valence-electron chi connectivity index (χ0n) is 12.9. The molecule has 0 N–H and O–H groups in total. The molecule has 4 rings (SSSR count). The first-order chi connectivity index (χ1) is 11.2. The van der Waals surface area contributed by atoms with E-state index in [0.717, 1.165) is 32.6 Å². The van der Waals surface area contributed by atoms with Crippen LogP contribution >= 0.6 is 7.14 Å². The van der Waals surface area contributed by atoms with Crippen molar-refractivity contribution < 1.29 is 4.57 Å². The van der Waals surface area contributed by atoms with Crippen LogP contribution < -0.4 is 10.6 Å². The van der Waals surface area contributed by atoms with Crippen LogP contribution in [0.1, 0.15) is 18.1 Å². The lowest BCUT2D eigenvalue weighted by Crippen LogP contribution is -2.14. The van der Waals surface area contributed by atoms with Crippen molar-refractivity contribution in [1.29, 1.82) is 0 Å². The molecule has 0 saturated heterocycles. The zero-order valence-corrected chi connectivity index (χ0v) is 13.8. The molecule has 3 aromatic carbocycles. The Balaban J connectivity index is 2.06. The summed E-state index contributed by atoms with van der Waals surface area (Å²) in [7, 11) is -2.75.